The number of nitrogens with one attached hydrogen (secondary N) is 1. The molecule has 1 amide bonds. The highest BCUT2D eigenvalue weighted by Crippen LogP contribution is 2.38. The number of amides is 1. The summed E-state index contributed by atoms with van der Waals surface area (Å²) in [4.78, 5) is 29.1. The summed E-state index contributed by atoms with van der Waals surface area (Å²) in [6.45, 7) is 2.83. The van der Waals surface area contributed by atoms with E-state index >= 15 is 0 Å². The Morgan fingerprint density at radius 2 is 1.97 bits per heavy atom. The maximum Gasteiger partial charge on any atom is 0.254 e. The van der Waals surface area contributed by atoms with Gasteiger partial charge in [0.25, 0.3) is 5.91 Å². The predicted octanol–water partition coefficient (Wildman–Crippen LogP) is 4.71. The number of hydrogen-bond donors (Lipinski definition) is 1. The van der Waals surface area contributed by atoms with Crippen molar-refractivity contribution in [1.82, 2.24) is 19.9 Å². The summed E-state index contributed by atoms with van der Waals surface area (Å²) in [6.07, 6.45) is 8.47. The Morgan fingerprint density at radius 1 is 1.13 bits per heavy atom. The van der Waals surface area contributed by atoms with Crippen LogP contribution in [-0.4, -0.2) is 44.4 Å². The maximum absolute atomic E-state index is 13.8. The molecule has 0 radical (unpaired) electrons. The molecule has 7 heteroatoms. The second-order valence-corrected chi connectivity index (χ2v) is 9.35. The van der Waals surface area contributed by atoms with Crippen molar-refractivity contribution in [3.8, 4) is 11.4 Å². The number of piperidine rings is 2. The average molecular weight is 478 g/mol. The lowest BCUT2D eigenvalue weighted by molar-refractivity contribution is 0.0282. The van der Waals surface area contributed by atoms with Crippen LogP contribution in [0.2, 0.25) is 0 Å². The molecule has 1 N–H and O–H groups in total. The molecule has 31 heavy (non-hydrogen) atoms. The number of aryl methyl sites for hydroxylation is 1. The van der Waals surface area contributed by atoms with E-state index in [0.29, 0.717) is 17.3 Å². The number of pyridine rings is 1. The third-order valence-electron chi connectivity index (χ3n) is 6.31. The van der Waals surface area contributed by atoms with Gasteiger partial charge in [-0.25, -0.2) is 15.0 Å². The molecule has 2 bridgehead atoms. The summed E-state index contributed by atoms with van der Waals surface area (Å²) in [5.74, 6) is 2.00. The van der Waals surface area contributed by atoms with Crippen molar-refractivity contribution in [2.24, 2.45) is 5.92 Å². The number of aromatic nitrogens is 3. The van der Waals surface area contributed by atoms with Crippen LogP contribution in [0.15, 0.2) is 59.5 Å². The van der Waals surface area contributed by atoms with Gasteiger partial charge in [0.2, 0.25) is 0 Å². The summed E-state index contributed by atoms with van der Waals surface area (Å²) < 4.78 is 0.954. The van der Waals surface area contributed by atoms with Crippen LogP contribution in [0.4, 0.5) is 5.82 Å². The van der Waals surface area contributed by atoms with Crippen LogP contribution >= 0.6 is 15.9 Å². The maximum atomic E-state index is 13.8. The van der Waals surface area contributed by atoms with Gasteiger partial charge in [0.1, 0.15) is 5.82 Å². The first-order valence-corrected chi connectivity index (χ1v) is 11.4. The zero-order chi connectivity index (χ0) is 21.4. The van der Waals surface area contributed by atoms with Crippen molar-refractivity contribution in [3.63, 3.8) is 0 Å². The van der Waals surface area contributed by atoms with E-state index in [-0.39, 0.29) is 18.0 Å². The molecule has 0 spiro atoms. The van der Waals surface area contributed by atoms with Crippen LogP contribution in [0.5, 0.6) is 0 Å². The van der Waals surface area contributed by atoms with Crippen LogP contribution in [0.3, 0.4) is 0 Å². The number of fused-ring (bicyclic) bond motifs is 3. The Labute approximate surface area is 190 Å². The van der Waals surface area contributed by atoms with E-state index in [0.717, 1.165) is 40.8 Å². The SMILES string of the molecule is Cc1ccc(C(=O)N2CC3CCC2C(Nc2ccc(Br)cn2)C3)c(-c2ncccn2)c1. The molecule has 2 aliphatic heterocycles. The molecule has 2 saturated heterocycles. The molecule has 6 rings (SSSR count). The highest BCUT2D eigenvalue weighted by atomic mass is 79.9. The standard InChI is InChI=1S/C24H24BrN5O/c1-15-3-6-18(19(11-15)23-26-9-2-10-27-23)24(31)30-14-16-4-7-21(30)20(12-16)29-22-8-5-17(25)13-28-22/h2-3,5-6,8-11,13,16,20-21H,4,7,12,14H2,1H3,(H,28,29). The normalized spacial score (nSPS) is 22.4. The predicted molar refractivity (Wildman–Crippen MR) is 124 cm³/mol. The number of hydrogen-bond acceptors (Lipinski definition) is 5. The van der Waals surface area contributed by atoms with E-state index in [1.165, 1.54) is 6.42 Å². The molecule has 3 aliphatic rings. The first-order chi connectivity index (χ1) is 15.1. The fraction of sp³-hybridized carbons (Fsp3) is 0.333. The fourth-order valence-corrected chi connectivity index (χ4v) is 5.09. The Hall–Kier alpha value is -2.80. The van der Waals surface area contributed by atoms with Gasteiger partial charge in [0.05, 0.1) is 11.6 Å². The van der Waals surface area contributed by atoms with Crippen molar-refractivity contribution in [2.75, 3.05) is 11.9 Å². The quantitative estimate of drug-likeness (QED) is 0.588. The van der Waals surface area contributed by atoms with E-state index in [1.54, 1.807) is 24.7 Å². The number of rotatable bonds is 4. The highest BCUT2D eigenvalue weighted by molar-refractivity contribution is 9.10. The van der Waals surface area contributed by atoms with Crippen LogP contribution < -0.4 is 5.32 Å². The largest absolute Gasteiger partial charge is 0.365 e. The first kappa shape index (κ1) is 20.1. The average Bonchev–Trinajstić information content (AvgIpc) is 2.81. The Bertz CT molecular complexity index is 1090. The summed E-state index contributed by atoms with van der Waals surface area (Å²) in [5, 5.41) is 3.58. The molecule has 3 fully saturated rings. The molecule has 3 unspecified atom stereocenters. The van der Waals surface area contributed by atoms with Gasteiger partial charge in [-0.05, 0) is 78.4 Å². The minimum absolute atomic E-state index is 0.0624. The molecule has 3 aromatic rings. The van der Waals surface area contributed by atoms with Gasteiger partial charge in [0, 0.05) is 41.2 Å². The van der Waals surface area contributed by atoms with Gasteiger partial charge in [-0.1, -0.05) is 11.6 Å². The smallest absolute Gasteiger partial charge is 0.254 e. The van der Waals surface area contributed by atoms with Gasteiger partial charge < -0.3 is 10.2 Å². The van der Waals surface area contributed by atoms with Crippen molar-refractivity contribution in [1.29, 1.82) is 0 Å². The molecule has 1 saturated carbocycles. The zero-order valence-electron chi connectivity index (χ0n) is 17.3. The molecule has 1 aliphatic carbocycles. The minimum Gasteiger partial charge on any atom is -0.365 e. The number of benzene rings is 1. The van der Waals surface area contributed by atoms with Crippen LogP contribution in [-0.2, 0) is 0 Å². The van der Waals surface area contributed by atoms with Gasteiger partial charge in [-0.3, -0.25) is 4.79 Å². The second-order valence-electron chi connectivity index (χ2n) is 8.44. The van der Waals surface area contributed by atoms with Gasteiger partial charge in [-0.2, -0.15) is 0 Å². The molecule has 2 aromatic heterocycles. The monoisotopic (exact) mass is 477 g/mol. The van der Waals surface area contributed by atoms with Gasteiger partial charge >= 0.3 is 0 Å². The van der Waals surface area contributed by atoms with E-state index in [9.17, 15) is 4.79 Å². The third kappa shape index (κ3) is 4.06. The summed E-state index contributed by atoms with van der Waals surface area (Å²) in [5.41, 5.74) is 2.55. The van der Waals surface area contributed by atoms with E-state index in [2.05, 4.69) is 41.1 Å². The van der Waals surface area contributed by atoms with Gasteiger partial charge in [-0.15, -0.1) is 0 Å². The summed E-state index contributed by atoms with van der Waals surface area (Å²) >= 11 is 3.44. The third-order valence-corrected chi connectivity index (χ3v) is 6.78. The summed E-state index contributed by atoms with van der Waals surface area (Å²) in [7, 11) is 0. The Kier molecular flexibility index (Phi) is 5.44. The first-order valence-electron chi connectivity index (χ1n) is 10.7. The Balaban J connectivity index is 1.44. The van der Waals surface area contributed by atoms with E-state index < -0.39 is 0 Å². The van der Waals surface area contributed by atoms with Crippen molar-refractivity contribution in [2.45, 2.75) is 38.3 Å². The fourth-order valence-electron chi connectivity index (χ4n) is 4.86. The number of anilines is 1. The lowest BCUT2D eigenvalue weighted by atomic mass is 9.76. The van der Waals surface area contributed by atoms with Crippen molar-refractivity contribution < 1.29 is 4.79 Å². The molecular formula is C24H24BrN5O. The molecule has 6 nitrogen and oxygen atoms in total. The summed E-state index contributed by atoms with van der Waals surface area (Å²) in [6, 6.07) is 12.0. The lowest BCUT2D eigenvalue weighted by Gasteiger charge is -2.50. The van der Waals surface area contributed by atoms with Crippen molar-refractivity contribution in [3.05, 3.63) is 70.6 Å². The Morgan fingerprint density at radius 3 is 2.71 bits per heavy atom. The van der Waals surface area contributed by atoms with Gasteiger partial charge in [0.15, 0.2) is 5.82 Å². The van der Waals surface area contributed by atoms with E-state index in [4.69, 9.17) is 0 Å². The molecule has 3 atom stereocenters. The number of carbonyl (C=O) groups excluding carboxylic acids is 1. The zero-order valence-corrected chi connectivity index (χ0v) is 18.9. The number of carbonyl (C=O) groups is 1. The molecule has 158 valence electrons. The molecule has 1 aromatic carbocycles. The van der Waals surface area contributed by atoms with E-state index in [1.807, 2.05) is 37.3 Å². The molecule has 4 heterocycles. The molecular weight excluding hydrogens is 454 g/mol. The topological polar surface area (TPSA) is 71.0 Å². The number of halogens is 1. The second kappa shape index (κ2) is 8.38. The highest BCUT2D eigenvalue weighted by Gasteiger charge is 2.43. The lowest BCUT2D eigenvalue weighted by Crippen LogP contribution is -2.59. The minimum atomic E-state index is 0.0624. The van der Waals surface area contributed by atoms with Crippen LogP contribution in [0, 0.1) is 12.8 Å². The number of nitrogens with zero attached hydrogens (tertiary/aromatic N) is 4. The van der Waals surface area contributed by atoms with Crippen molar-refractivity contribution >= 4 is 27.7 Å². The van der Waals surface area contributed by atoms with Crippen LogP contribution in [0.25, 0.3) is 11.4 Å². The van der Waals surface area contributed by atoms with Crippen LogP contribution in [0.1, 0.15) is 35.2 Å².